The van der Waals surface area contributed by atoms with Crippen molar-refractivity contribution in [3.8, 4) is 0 Å². The van der Waals surface area contributed by atoms with Crippen LogP contribution >= 0.6 is 0 Å². The van der Waals surface area contributed by atoms with E-state index in [4.69, 9.17) is 5.73 Å². The molecular weight excluding hydrogens is 238 g/mol. The van der Waals surface area contributed by atoms with E-state index in [1.54, 1.807) is 0 Å². The van der Waals surface area contributed by atoms with Gasteiger partial charge in [0.1, 0.15) is 0 Å². The lowest BCUT2D eigenvalue weighted by Crippen LogP contribution is -2.54. The van der Waals surface area contributed by atoms with E-state index in [9.17, 15) is 4.79 Å². The molecule has 0 spiro atoms. The standard InChI is InChI=1S/C15H27N3O/c16-15(6-4-7-15)11-14(19)18-10-3-5-13(12-18)17-8-1-2-9-17/h13H,1-12,16H2. The van der Waals surface area contributed by atoms with Crippen LogP contribution in [0, 0.1) is 0 Å². The lowest BCUT2D eigenvalue weighted by Gasteiger charge is -2.42. The highest BCUT2D eigenvalue weighted by Gasteiger charge is 2.37. The number of nitrogens with two attached hydrogens (primary N) is 1. The molecule has 19 heavy (non-hydrogen) atoms. The van der Waals surface area contributed by atoms with Crippen LogP contribution in [0.5, 0.6) is 0 Å². The van der Waals surface area contributed by atoms with E-state index < -0.39 is 0 Å². The lowest BCUT2D eigenvalue weighted by atomic mass is 9.75. The van der Waals surface area contributed by atoms with Crippen molar-refractivity contribution in [3.05, 3.63) is 0 Å². The number of carbonyl (C=O) groups is 1. The third-order valence-electron chi connectivity index (χ3n) is 5.26. The minimum Gasteiger partial charge on any atom is -0.341 e. The number of nitrogens with zero attached hydrogens (tertiary/aromatic N) is 2. The summed E-state index contributed by atoms with van der Waals surface area (Å²) in [7, 11) is 0. The molecule has 2 saturated heterocycles. The van der Waals surface area contributed by atoms with Gasteiger partial charge < -0.3 is 10.6 Å². The number of rotatable bonds is 3. The van der Waals surface area contributed by atoms with Gasteiger partial charge in [0, 0.05) is 31.1 Å². The molecule has 4 heteroatoms. The predicted octanol–water partition coefficient (Wildman–Crippen LogP) is 1.34. The molecule has 2 aliphatic heterocycles. The number of piperidine rings is 1. The molecule has 0 bridgehead atoms. The quantitative estimate of drug-likeness (QED) is 0.838. The zero-order chi connectivity index (χ0) is 13.3. The minimum absolute atomic E-state index is 0.169. The number of hydrogen-bond donors (Lipinski definition) is 1. The molecule has 1 atom stereocenters. The summed E-state index contributed by atoms with van der Waals surface area (Å²) in [5, 5.41) is 0. The summed E-state index contributed by atoms with van der Waals surface area (Å²) < 4.78 is 0. The Morgan fingerprint density at radius 1 is 1.11 bits per heavy atom. The van der Waals surface area contributed by atoms with Crippen molar-refractivity contribution in [3.63, 3.8) is 0 Å². The van der Waals surface area contributed by atoms with Gasteiger partial charge in [-0.3, -0.25) is 9.69 Å². The molecule has 2 N–H and O–H groups in total. The Bertz CT molecular complexity index is 334. The molecule has 0 radical (unpaired) electrons. The summed E-state index contributed by atoms with van der Waals surface area (Å²) in [5.74, 6) is 0.297. The first-order chi connectivity index (χ1) is 9.16. The van der Waals surface area contributed by atoms with E-state index >= 15 is 0 Å². The van der Waals surface area contributed by atoms with Crippen LogP contribution in [0.15, 0.2) is 0 Å². The molecule has 3 aliphatic rings. The van der Waals surface area contributed by atoms with Gasteiger partial charge in [0.2, 0.25) is 5.91 Å². The molecule has 1 saturated carbocycles. The summed E-state index contributed by atoms with van der Waals surface area (Å²) in [4.78, 5) is 17.1. The Hall–Kier alpha value is -0.610. The number of hydrogen-bond acceptors (Lipinski definition) is 3. The smallest absolute Gasteiger partial charge is 0.224 e. The summed E-state index contributed by atoms with van der Waals surface area (Å²) in [6, 6.07) is 0.607. The molecular formula is C15H27N3O. The maximum Gasteiger partial charge on any atom is 0.224 e. The van der Waals surface area contributed by atoms with Gasteiger partial charge in [-0.1, -0.05) is 0 Å². The van der Waals surface area contributed by atoms with Crippen LogP contribution < -0.4 is 5.73 Å². The molecule has 2 heterocycles. The van der Waals surface area contributed by atoms with E-state index in [1.807, 2.05) is 0 Å². The van der Waals surface area contributed by atoms with Gasteiger partial charge in [-0.05, 0) is 58.0 Å². The fourth-order valence-corrected chi connectivity index (χ4v) is 3.81. The van der Waals surface area contributed by atoms with E-state index in [2.05, 4.69) is 9.80 Å². The van der Waals surface area contributed by atoms with Crippen molar-refractivity contribution in [1.82, 2.24) is 9.80 Å². The molecule has 0 aromatic heterocycles. The van der Waals surface area contributed by atoms with Crippen molar-refractivity contribution in [2.75, 3.05) is 26.2 Å². The fraction of sp³-hybridized carbons (Fsp3) is 0.933. The SMILES string of the molecule is NC1(CC(=O)N2CCCC(N3CCCC3)C2)CCC1. The normalized spacial score (nSPS) is 31.2. The van der Waals surface area contributed by atoms with Crippen LogP contribution in [0.1, 0.15) is 51.4 Å². The second kappa shape index (κ2) is 5.41. The maximum absolute atomic E-state index is 12.4. The zero-order valence-electron chi connectivity index (χ0n) is 11.9. The third kappa shape index (κ3) is 2.95. The first-order valence-corrected chi connectivity index (χ1v) is 7.97. The first-order valence-electron chi connectivity index (χ1n) is 7.97. The molecule has 1 unspecified atom stereocenters. The Morgan fingerprint density at radius 3 is 2.47 bits per heavy atom. The highest BCUT2D eigenvalue weighted by molar-refractivity contribution is 5.77. The molecule has 3 rings (SSSR count). The van der Waals surface area contributed by atoms with Gasteiger partial charge in [-0.2, -0.15) is 0 Å². The second-order valence-corrected chi connectivity index (χ2v) is 6.77. The number of likely N-dealkylation sites (tertiary alicyclic amines) is 2. The molecule has 0 aromatic rings. The highest BCUT2D eigenvalue weighted by atomic mass is 16.2. The first kappa shape index (κ1) is 13.4. The van der Waals surface area contributed by atoms with Gasteiger partial charge in [-0.15, -0.1) is 0 Å². The average molecular weight is 265 g/mol. The van der Waals surface area contributed by atoms with Crippen molar-refractivity contribution < 1.29 is 4.79 Å². The van der Waals surface area contributed by atoms with E-state index in [-0.39, 0.29) is 5.54 Å². The molecule has 1 aliphatic carbocycles. The van der Waals surface area contributed by atoms with E-state index in [0.29, 0.717) is 18.4 Å². The van der Waals surface area contributed by atoms with E-state index in [0.717, 1.165) is 32.4 Å². The van der Waals surface area contributed by atoms with Gasteiger partial charge in [0.25, 0.3) is 0 Å². The summed E-state index contributed by atoms with van der Waals surface area (Å²) >= 11 is 0. The minimum atomic E-state index is -0.169. The molecule has 0 aromatic carbocycles. The topological polar surface area (TPSA) is 49.6 Å². The van der Waals surface area contributed by atoms with Crippen LogP contribution in [0.3, 0.4) is 0 Å². The van der Waals surface area contributed by atoms with Crippen LogP contribution in [0.25, 0.3) is 0 Å². The number of carbonyl (C=O) groups excluding carboxylic acids is 1. The summed E-state index contributed by atoms with van der Waals surface area (Å²) in [6.45, 7) is 4.34. The van der Waals surface area contributed by atoms with Crippen LogP contribution in [-0.4, -0.2) is 53.5 Å². The Kier molecular flexibility index (Phi) is 3.81. The van der Waals surface area contributed by atoms with Gasteiger partial charge in [0.05, 0.1) is 0 Å². The lowest BCUT2D eigenvalue weighted by molar-refractivity contribution is -0.135. The second-order valence-electron chi connectivity index (χ2n) is 6.77. The van der Waals surface area contributed by atoms with Crippen LogP contribution in [0.4, 0.5) is 0 Å². The molecule has 4 nitrogen and oxygen atoms in total. The Balaban J connectivity index is 1.53. The Labute approximate surface area is 116 Å². The van der Waals surface area contributed by atoms with Crippen LogP contribution in [0.2, 0.25) is 0 Å². The van der Waals surface area contributed by atoms with Crippen LogP contribution in [-0.2, 0) is 4.79 Å². The van der Waals surface area contributed by atoms with Gasteiger partial charge in [0.15, 0.2) is 0 Å². The molecule has 1 amide bonds. The van der Waals surface area contributed by atoms with Crippen molar-refractivity contribution in [1.29, 1.82) is 0 Å². The maximum atomic E-state index is 12.4. The zero-order valence-corrected chi connectivity index (χ0v) is 11.9. The average Bonchev–Trinajstić information content (AvgIpc) is 2.91. The van der Waals surface area contributed by atoms with Crippen molar-refractivity contribution >= 4 is 5.91 Å². The van der Waals surface area contributed by atoms with E-state index in [1.165, 1.54) is 38.8 Å². The molecule has 3 fully saturated rings. The van der Waals surface area contributed by atoms with Gasteiger partial charge >= 0.3 is 0 Å². The third-order valence-corrected chi connectivity index (χ3v) is 5.26. The molecule has 108 valence electrons. The number of amides is 1. The van der Waals surface area contributed by atoms with Crippen molar-refractivity contribution in [2.24, 2.45) is 5.73 Å². The fourth-order valence-electron chi connectivity index (χ4n) is 3.81. The largest absolute Gasteiger partial charge is 0.341 e. The Morgan fingerprint density at radius 2 is 1.84 bits per heavy atom. The predicted molar refractivity (Wildman–Crippen MR) is 75.8 cm³/mol. The van der Waals surface area contributed by atoms with Gasteiger partial charge in [-0.25, -0.2) is 0 Å². The monoisotopic (exact) mass is 265 g/mol. The summed E-state index contributed by atoms with van der Waals surface area (Å²) in [5.41, 5.74) is 6.04. The summed E-state index contributed by atoms with van der Waals surface area (Å²) in [6.07, 6.45) is 8.90. The highest BCUT2D eigenvalue weighted by Crippen LogP contribution is 2.33. The van der Waals surface area contributed by atoms with Crippen molar-refractivity contribution in [2.45, 2.75) is 62.9 Å².